The van der Waals surface area contributed by atoms with Crippen LogP contribution < -0.4 is 16.4 Å². The number of carbonyl (C=O) groups is 2. The molecule has 2 aromatic rings. The lowest BCUT2D eigenvalue weighted by Gasteiger charge is -2.18. The normalized spacial score (nSPS) is 14.8. The second-order valence-corrected chi connectivity index (χ2v) is 8.50. The maximum absolute atomic E-state index is 12.7. The van der Waals surface area contributed by atoms with E-state index < -0.39 is 17.9 Å². The van der Waals surface area contributed by atoms with Gasteiger partial charge in [0.05, 0.1) is 12.1 Å². The van der Waals surface area contributed by atoms with E-state index in [4.69, 9.17) is 11.1 Å². The predicted molar refractivity (Wildman–Crippen MR) is 125 cm³/mol. The minimum absolute atomic E-state index is 0.0766. The van der Waals surface area contributed by atoms with E-state index >= 15 is 0 Å². The molecule has 32 heavy (non-hydrogen) atoms. The standard InChI is InChI=1S/C23H27N5O3S/c24-23(25)26-13-7-12-17(22(30)31)28-20(29)18-14-27-21(32-18)19(15-8-3-1-4-9-15)16-10-5-2-6-11-16/h1,3-5,8-11,14,17,19H,2,6-7,12-13H2,(H,28,29)(H,30,31)(H4,24,25,26)/t17-,19?/m0/s1. The number of thiazole rings is 1. The quantitative estimate of drug-likeness (QED) is 0.213. The summed E-state index contributed by atoms with van der Waals surface area (Å²) in [5, 5.41) is 22.6. The molecule has 1 heterocycles. The van der Waals surface area contributed by atoms with Crippen molar-refractivity contribution < 1.29 is 14.7 Å². The summed E-state index contributed by atoms with van der Waals surface area (Å²) in [6.45, 7) is 0.362. The number of aliphatic carboxylic acids is 1. The molecule has 0 fully saturated rings. The average molecular weight is 454 g/mol. The molecule has 0 saturated carbocycles. The lowest BCUT2D eigenvalue weighted by molar-refractivity contribution is -0.139. The molecule has 0 spiro atoms. The first-order chi connectivity index (χ1) is 15.5. The van der Waals surface area contributed by atoms with Crippen molar-refractivity contribution in [2.45, 2.75) is 37.6 Å². The number of carbonyl (C=O) groups excluding carboxylic acids is 1. The van der Waals surface area contributed by atoms with Gasteiger partial charge in [-0.15, -0.1) is 11.3 Å². The number of guanidine groups is 1. The summed E-state index contributed by atoms with van der Waals surface area (Å²) in [6, 6.07) is 8.99. The molecule has 0 bridgehead atoms. The van der Waals surface area contributed by atoms with Gasteiger partial charge in [0, 0.05) is 6.54 Å². The molecule has 3 rings (SSSR count). The minimum atomic E-state index is -1.11. The fourth-order valence-electron chi connectivity index (χ4n) is 3.51. The smallest absolute Gasteiger partial charge is 0.326 e. The molecule has 1 aliphatic rings. The van der Waals surface area contributed by atoms with Gasteiger partial charge in [0.15, 0.2) is 5.96 Å². The molecule has 1 aromatic heterocycles. The number of nitrogens with zero attached hydrogens (tertiary/aromatic N) is 1. The maximum Gasteiger partial charge on any atom is 0.326 e. The molecule has 0 saturated heterocycles. The highest BCUT2D eigenvalue weighted by atomic mass is 32.1. The second kappa shape index (κ2) is 11.2. The van der Waals surface area contributed by atoms with E-state index in [1.165, 1.54) is 17.5 Å². The molecule has 0 aliphatic heterocycles. The van der Waals surface area contributed by atoms with Crippen molar-refractivity contribution in [2.75, 3.05) is 6.54 Å². The molecular formula is C23H27N5O3S. The van der Waals surface area contributed by atoms with Crippen LogP contribution in [0.4, 0.5) is 0 Å². The van der Waals surface area contributed by atoms with Crippen LogP contribution >= 0.6 is 11.3 Å². The Balaban J connectivity index is 1.74. The van der Waals surface area contributed by atoms with Crippen LogP contribution in [-0.2, 0) is 4.79 Å². The maximum atomic E-state index is 12.7. The van der Waals surface area contributed by atoms with Gasteiger partial charge in [0.1, 0.15) is 15.9 Å². The van der Waals surface area contributed by atoms with Gasteiger partial charge in [0.2, 0.25) is 0 Å². The van der Waals surface area contributed by atoms with Crippen molar-refractivity contribution in [2.24, 2.45) is 5.73 Å². The Labute approximate surface area is 190 Å². The topological polar surface area (TPSA) is 141 Å². The summed E-state index contributed by atoms with van der Waals surface area (Å²) in [6.07, 6.45) is 10.6. The molecule has 9 heteroatoms. The fraction of sp³-hybridized carbons (Fsp3) is 0.304. The Morgan fingerprint density at radius 2 is 2.03 bits per heavy atom. The summed E-state index contributed by atoms with van der Waals surface area (Å²) in [4.78, 5) is 29.2. The Morgan fingerprint density at radius 3 is 2.69 bits per heavy atom. The molecule has 8 nitrogen and oxygen atoms in total. The van der Waals surface area contributed by atoms with Gasteiger partial charge in [-0.1, -0.05) is 48.6 Å². The van der Waals surface area contributed by atoms with E-state index in [0.29, 0.717) is 17.8 Å². The third kappa shape index (κ3) is 6.27. The molecule has 0 radical (unpaired) electrons. The molecule has 6 N–H and O–H groups in total. The Kier molecular flexibility index (Phi) is 8.15. The average Bonchev–Trinajstić information content (AvgIpc) is 3.27. The molecule has 2 atom stereocenters. The number of hydrogen-bond acceptors (Lipinski definition) is 5. The largest absolute Gasteiger partial charge is 0.480 e. The number of nitrogens with two attached hydrogens (primary N) is 1. The first-order valence-electron chi connectivity index (χ1n) is 10.4. The van der Waals surface area contributed by atoms with E-state index in [1.54, 1.807) is 0 Å². The SMILES string of the molecule is N=C(N)NCCC[C@H](NC(=O)c1cnc(C(C2=CCCC=C2)c2ccccc2)s1)C(=O)O. The number of nitrogens with one attached hydrogen (secondary N) is 3. The number of aromatic nitrogens is 1. The number of rotatable bonds is 10. The molecule has 1 unspecified atom stereocenters. The number of allylic oxidation sites excluding steroid dienone is 4. The van der Waals surface area contributed by atoms with Crippen molar-refractivity contribution in [3.05, 3.63) is 75.8 Å². The van der Waals surface area contributed by atoms with Gasteiger partial charge < -0.3 is 21.5 Å². The van der Waals surface area contributed by atoms with E-state index in [0.717, 1.165) is 29.0 Å². The highest BCUT2D eigenvalue weighted by molar-refractivity contribution is 7.13. The third-order valence-corrected chi connectivity index (χ3v) is 6.13. The first-order valence-corrected chi connectivity index (χ1v) is 11.3. The van der Waals surface area contributed by atoms with Crippen LogP contribution in [0.25, 0.3) is 0 Å². The Morgan fingerprint density at radius 1 is 1.25 bits per heavy atom. The van der Waals surface area contributed by atoms with Gasteiger partial charge >= 0.3 is 5.97 Å². The number of hydrogen-bond donors (Lipinski definition) is 5. The number of amides is 1. The molecule has 1 amide bonds. The minimum Gasteiger partial charge on any atom is -0.480 e. The highest BCUT2D eigenvalue weighted by Gasteiger charge is 2.25. The fourth-order valence-corrected chi connectivity index (χ4v) is 4.49. The zero-order valence-corrected chi connectivity index (χ0v) is 18.4. The summed E-state index contributed by atoms with van der Waals surface area (Å²) in [5.74, 6) is -1.81. The zero-order valence-electron chi connectivity index (χ0n) is 17.6. The van der Waals surface area contributed by atoms with Crippen molar-refractivity contribution >= 4 is 29.2 Å². The third-order valence-electron chi connectivity index (χ3n) is 5.07. The van der Waals surface area contributed by atoms with Gasteiger partial charge in [-0.3, -0.25) is 10.2 Å². The van der Waals surface area contributed by atoms with Gasteiger partial charge in [-0.05, 0) is 36.8 Å². The van der Waals surface area contributed by atoms with E-state index in [-0.39, 0.29) is 18.3 Å². The summed E-state index contributed by atoms with van der Waals surface area (Å²) < 4.78 is 0. The number of benzene rings is 1. The van der Waals surface area contributed by atoms with Gasteiger partial charge in [-0.2, -0.15) is 0 Å². The van der Waals surface area contributed by atoms with Crippen LogP contribution in [0.2, 0.25) is 0 Å². The van der Waals surface area contributed by atoms with Gasteiger partial charge in [0.25, 0.3) is 5.91 Å². The van der Waals surface area contributed by atoms with Crippen molar-refractivity contribution in [3.8, 4) is 0 Å². The summed E-state index contributed by atoms with van der Waals surface area (Å²) >= 11 is 1.28. The summed E-state index contributed by atoms with van der Waals surface area (Å²) in [5.41, 5.74) is 7.46. The molecule has 168 valence electrons. The molecular weight excluding hydrogens is 426 g/mol. The van der Waals surface area contributed by atoms with Crippen molar-refractivity contribution in [3.63, 3.8) is 0 Å². The van der Waals surface area contributed by atoms with Crippen LogP contribution in [0.15, 0.2) is 60.3 Å². The van der Waals surface area contributed by atoms with Crippen LogP contribution in [-0.4, -0.2) is 40.5 Å². The Bertz CT molecular complexity index is 1020. The van der Waals surface area contributed by atoms with Crippen molar-refractivity contribution in [1.29, 1.82) is 5.41 Å². The number of carboxylic acid groups (broad SMARTS) is 1. The van der Waals surface area contributed by atoms with Crippen LogP contribution in [0.1, 0.15) is 51.8 Å². The lowest BCUT2D eigenvalue weighted by Crippen LogP contribution is -2.41. The van der Waals surface area contributed by atoms with E-state index in [9.17, 15) is 14.7 Å². The number of carboxylic acids is 1. The van der Waals surface area contributed by atoms with E-state index in [2.05, 4.69) is 33.8 Å². The van der Waals surface area contributed by atoms with E-state index in [1.807, 2.05) is 30.3 Å². The Hall–Kier alpha value is -3.46. The monoisotopic (exact) mass is 453 g/mol. The van der Waals surface area contributed by atoms with Gasteiger partial charge in [-0.25, -0.2) is 9.78 Å². The zero-order chi connectivity index (χ0) is 22.9. The lowest BCUT2D eigenvalue weighted by atomic mass is 9.88. The predicted octanol–water partition coefficient (Wildman–Crippen LogP) is 3.00. The summed E-state index contributed by atoms with van der Waals surface area (Å²) in [7, 11) is 0. The van der Waals surface area contributed by atoms with Crippen molar-refractivity contribution in [1.82, 2.24) is 15.6 Å². The first kappa shape index (κ1) is 23.2. The highest BCUT2D eigenvalue weighted by Crippen LogP contribution is 2.36. The van der Waals surface area contributed by atoms with Crippen LogP contribution in [0.5, 0.6) is 0 Å². The molecule has 1 aliphatic carbocycles. The van der Waals surface area contributed by atoms with Crippen LogP contribution in [0, 0.1) is 5.41 Å². The molecule has 1 aromatic carbocycles. The van der Waals surface area contributed by atoms with Crippen LogP contribution in [0.3, 0.4) is 0 Å². The second-order valence-electron chi connectivity index (χ2n) is 7.44.